The van der Waals surface area contributed by atoms with Crippen LogP contribution >= 0.6 is 0 Å². The van der Waals surface area contributed by atoms with Crippen LogP contribution in [-0.2, 0) is 11.2 Å². The van der Waals surface area contributed by atoms with Gasteiger partial charge in [0.15, 0.2) is 0 Å². The summed E-state index contributed by atoms with van der Waals surface area (Å²) in [5.74, 6) is 0.922. The van der Waals surface area contributed by atoms with Crippen molar-refractivity contribution in [2.45, 2.75) is 32.4 Å². The Balaban J connectivity index is 2.18. The van der Waals surface area contributed by atoms with E-state index in [0.717, 1.165) is 17.9 Å². The predicted molar refractivity (Wildman–Crippen MR) is 65.0 cm³/mol. The monoisotopic (exact) mass is 237 g/mol. The van der Waals surface area contributed by atoms with Crippen molar-refractivity contribution in [1.29, 1.82) is 0 Å². The fraction of sp³-hybridized carbons (Fsp3) is 0.667. The lowest BCUT2D eigenvalue weighted by atomic mass is 10.2. The van der Waals surface area contributed by atoms with Crippen LogP contribution in [-0.4, -0.2) is 47.0 Å². The number of anilines is 1. The Morgan fingerprint density at radius 3 is 3.06 bits per heavy atom. The van der Waals surface area contributed by atoms with Gasteiger partial charge in [0.05, 0.1) is 25.4 Å². The zero-order valence-electron chi connectivity index (χ0n) is 10.3. The maximum atomic E-state index is 9.16. The summed E-state index contributed by atoms with van der Waals surface area (Å²) in [6.07, 6.45) is 2.38. The summed E-state index contributed by atoms with van der Waals surface area (Å²) in [6, 6.07) is 2.29. The van der Waals surface area contributed by atoms with Gasteiger partial charge in [-0.1, -0.05) is 6.92 Å². The van der Waals surface area contributed by atoms with Gasteiger partial charge in [0.2, 0.25) is 0 Å². The lowest BCUT2D eigenvalue weighted by Gasteiger charge is -2.38. The van der Waals surface area contributed by atoms with E-state index in [1.807, 2.05) is 6.07 Å². The number of aliphatic hydroxyl groups is 1. The lowest BCUT2D eigenvalue weighted by Crippen LogP contribution is -2.50. The summed E-state index contributed by atoms with van der Waals surface area (Å²) in [7, 11) is 0. The highest BCUT2D eigenvalue weighted by molar-refractivity contribution is 5.40. The van der Waals surface area contributed by atoms with Gasteiger partial charge < -0.3 is 14.7 Å². The van der Waals surface area contributed by atoms with Crippen LogP contribution in [0.25, 0.3) is 0 Å². The van der Waals surface area contributed by atoms with Crippen molar-refractivity contribution in [2.24, 2.45) is 0 Å². The Morgan fingerprint density at radius 1 is 1.53 bits per heavy atom. The topological polar surface area (TPSA) is 58.5 Å². The molecule has 5 heteroatoms. The van der Waals surface area contributed by atoms with E-state index in [9.17, 15) is 0 Å². The van der Waals surface area contributed by atoms with Crippen molar-refractivity contribution in [1.82, 2.24) is 9.97 Å². The number of aliphatic hydroxyl groups excluding tert-OH is 1. The SMILES string of the molecule is CCc1cc(N2CC(CO)OCC2C)ncn1. The Morgan fingerprint density at radius 2 is 2.35 bits per heavy atom. The maximum Gasteiger partial charge on any atom is 0.132 e. The molecule has 1 aromatic heterocycles. The van der Waals surface area contributed by atoms with E-state index in [4.69, 9.17) is 9.84 Å². The van der Waals surface area contributed by atoms with Crippen molar-refractivity contribution in [3.63, 3.8) is 0 Å². The Labute approximate surface area is 101 Å². The van der Waals surface area contributed by atoms with Gasteiger partial charge in [0.1, 0.15) is 12.1 Å². The number of aryl methyl sites for hydroxylation is 1. The maximum absolute atomic E-state index is 9.16. The van der Waals surface area contributed by atoms with Crippen LogP contribution in [0.15, 0.2) is 12.4 Å². The van der Waals surface area contributed by atoms with E-state index in [1.165, 1.54) is 0 Å². The molecule has 1 saturated heterocycles. The number of ether oxygens (including phenoxy) is 1. The summed E-state index contributed by atoms with van der Waals surface area (Å²) in [5, 5.41) is 9.16. The first-order valence-corrected chi connectivity index (χ1v) is 6.04. The van der Waals surface area contributed by atoms with E-state index in [2.05, 4.69) is 28.7 Å². The molecule has 0 amide bonds. The standard InChI is InChI=1S/C12H19N3O2/c1-3-10-4-12(14-8-13-10)15-5-11(6-16)17-7-9(15)2/h4,8-9,11,16H,3,5-7H2,1-2H3. The van der Waals surface area contributed by atoms with Gasteiger partial charge in [-0.2, -0.15) is 0 Å². The molecule has 0 spiro atoms. The van der Waals surface area contributed by atoms with Gasteiger partial charge in [0.25, 0.3) is 0 Å². The third-order valence-corrected chi connectivity index (χ3v) is 3.07. The summed E-state index contributed by atoms with van der Waals surface area (Å²) in [6.45, 7) is 5.52. The van der Waals surface area contributed by atoms with E-state index in [-0.39, 0.29) is 18.8 Å². The molecule has 2 atom stereocenters. The second-order valence-corrected chi connectivity index (χ2v) is 4.36. The Hall–Kier alpha value is -1.20. The van der Waals surface area contributed by atoms with Crippen molar-refractivity contribution in [2.75, 3.05) is 24.7 Å². The van der Waals surface area contributed by atoms with Crippen molar-refractivity contribution < 1.29 is 9.84 Å². The van der Waals surface area contributed by atoms with Crippen LogP contribution in [0.5, 0.6) is 0 Å². The van der Waals surface area contributed by atoms with Crippen LogP contribution in [0, 0.1) is 0 Å². The number of hydrogen-bond donors (Lipinski definition) is 1. The first-order chi connectivity index (χ1) is 8.24. The van der Waals surface area contributed by atoms with Crippen molar-refractivity contribution in [3.8, 4) is 0 Å². The predicted octanol–water partition coefficient (Wildman–Crippen LogP) is 0.625. The number of nitrogens with zero attached hydrogens (tertiary/aromatic N) is 3. The second kappa shape index (κ2) is 5.42. The molecule has 2 heterocycles. The minimum absolute atomic E-state index is 0.0505. The first kappa shape index (κ1) is 12.3. The lowest BCUT2D eigenvalue weighted by molar-refractivity contribution is -0.0105. The number of morpholine rings is 1. The van der Waals surface area contributed by atoms with Gasteiger partial charge in [0, 0.05) is 18.3 Å². The van der Waals surface area contributed by atoms with Gasteiger partial charge in [-0.3, -0.25) is 0 Å². The summed E-state index contributed by atoms with van der Waals surface area (Å²) in [5.41, 5.74) is 1.04. The molecule has 0 aromatic carbocycles. The summed E-state index contributed by atoms with van der Waals surface area (Å²) >= 11 is 0. The minimum Gasteiger partial charge on any atom is -0.394 e. The molecule has 1 aliphatic heterocycles. The van der Waals surface area contributed by atoms with E-state index in [1.54, 1.807) is 6.33 Å². The molecule has 0 radical (unpaired) electrons. The molecular formula is C12H19N3O2. The zero-order valence-corrected chi connectivity index (χ0v) is 10.3. The molecule has 94 valence electrons. The molecule has 0 bridgehead atoms. The van der Waals surface area contributed by atoms with Gasteiger partial charge in [-0.25, -0.2) is 9.97 Å². The minimum atomic E-state index is -0.119. The van der Waals surface area contributed by atoms with E-state index >= 15 is 0 Å². The zero-order chi connectivity index (χ0) is 12.3. The molecule has 5 nitrogen and oxygen atoms in total. The van der Waals surface area contributed by atoms with E-state index < -0.39 is 0 Å². The van der Waals surface area contributed by atoms with Crippen LogP contribution in [0.4, 0.5) is 5.82 Å². The Bertz CT molecular complexity index is 373. The molecule has 17 heavy (non-hydrogen) atoms. The largest absolute Gasteiger partial charge is 0.394 e. The molecule has 2 unspecified atom stereocenters. The summed E-state index contributed by atoms with van der Waals surface area (Å²) < 4.78 is 5.51. The van der Waals surface area contributed by atoms with Crippen LogP contribution in [0.2, 0.25) is 0 Å². The highest BCUT2D eigenvalue weighted by atomic mass is 16.5. The molecule has 0 saturated carbocycles. The molecular weight excluding hydrogens is 218 g/mol. The van der Waals surface area contributed by atoms with Crippen LogP contribution in [0.1, 0.15) is 19.5 Å². The Kier molecular flexibility index (Phi) is 3.91. The van der Waals surface area contributed by atoms with Crippen molar-refractivity contribution >= 4 is 5.82 Å². The highest BCUT2D eigenvalue weighted by Gasteiger charge is 2.26. The molecule has 1 aromatic rings. The number of aromatic nitrogens is 2. The smallest absolute Gasteiger partial charge is 0.132 e. The van der Waals surface area contributed by atoms with E-state index in [0.29, 0.717) is 13.2 Å². The molecule has 1 aliphatic rings. The average Bonchev–Trinajstić information content (AvgIpc) is 2.39. The van der Waals surface area contributed by atoms with Crippen molar-refractivity contribution in [3.05, 3.63) is 18.1 Å². The van der Waals surface area contributed by atoms with Gasteiger partial charge in [-0.15, -0.1) is 0 Å². The third-order valence-electron chi connectivity index (χ3n) is 3.07. The van der Waals surface area contributed by atoms with Crippen LogP contribution < -0.4 is 4.90 Å². The number of rotatable bonds is 3. The van der Waals surface area contributed by atoms with Gasteiger partial charge >= 0.3 is 0 Å². The fourth-order valence-corrected chi connectivity index (χ4v) is 1.98. The fourth-order valence-electron chi connectivity index (χ4n) is 1.98. The average molecular weight is 237 g/mol. The molecule has 1 N–H and O–H groups in total. The second-order valence-electron chi connectivity index (χ2n) is 4.36. The third kappa shape index (κ3) is 2.73. The van der Waals surface area contributed by atoms with Crippen LogP contribution in [0.3, 0.4) is 0 Å². The molecule has 0 aliphatic carbocycles. The molecule has 2 rings (SSSR count). The van der Waals surface area contributed by atoms with Gasteiger partial charge in [-0.05, 0) is 13.3 Å². The quantitative estimate of drug-likeness (QED) is 0.835. The normalized spacial score (nSPS) is 25.0. The highest BCUT2D eigenvalue weighted by Crippen LogP contribution is 2.19. The molecule has 1 fully saturated rings. The summed E-state index contributed by atoms with van der Waals surface area (Å²) in [4.78, 5) is 10.7. The number of hydrogen-bond acceptors (Lipinski definition) is 5. The first-order valence-electron chi connectivity index (χ1n) is 6.04.